The third kappa shape index (κ3) is 4.33. The Morgan fingerprint density at radius 2 is 2.29 bits per heavy atom. The minimum Gasteiger partial charge on any atom is -0.463 e. The van der Waals surface area contributed by atoms with Gasteiger partial charge in [-0.1, -0.05) is 11.8 Å². The number of carbonyl (C=O) groups excluding carboxylic acids is 1. The Labute approximate surface area is 126 Å². The van der Waals surface area contributed by atoms with Crippen molar-refractivity contribution in [2.45, 2.75) is 23.9 Å². The van der Waals surface area contributed by atoms with Crippen LogP contribution in [0.4, 0.5) is 0 Å². The van der Waals surface area contributed by atoms with Gasteiger partial charge in [0.1, 0.15) is 12.1 Å². The fourth-order valence-electron chi connectivity index (χ4n) is 1.69. The lowest BCUT2D eigenvalue weighted by molar-refractivity contribution is 0.0563. The number of aryl methyl sites for hydroxylation is 1. The van der Waals surface area contributed by atoms with Gasteiger partial charge in [0.25, 0.3) is 0 Å². The van der Waals surface area contributed by atoms with Crippen molar-refractivity contribution in [1.82, 2.24) is 14.8 Å². The molecule has 0 saturated heterocycles. The van der Waals surface area contributed by atoms with E-state index in [4.69, 9.17) is 9.15 Å². The van der Waals surface area contributed by atoms with E-state index in [1.165, 1.54) is 18.9 Å². The molecule has 2 rings (SSSR count). The van der Waals surface area contributed by atoms with Crippen molar-refractivity contribution >= 4 is 17.7 Å². The number of hydrogen-bond acceptors (Lipinski definition) is 7. The highest BCUT2D eigenvalue weighted by atomic mass is 32.2. The fraction of sp³-hybridized carbons (Fsp3) is 0.462. The van der Waals surface area contributed by atoms with Crippen LogP contribution in [0.25, 0.3) is 0 Å². The Balaban J connectivity index is 1.89. The highest BCUT2D eigenvalue weighted by Gasteiger charge is 2.12. The monoisotopic (exact) mass is 311 g/mol. The van der Waals surface area contributed by atoms with Crippen LogP contribution in [0.5, 0.6) is 0 Å². The molecule has 0 aliphatic heterocycles. The van der Waals surface area contributed by atoms with E-state index in [-0.39, 0.29) is 5.76 Å². The van der Waals surface area contributed by atoms with Crippen molar-refractivity contribution in [2.24, 2.45) is 0 Å². The summed E-state index contributed by atoms with van der Waals surface area (Å²) in [5, 5.41) is 8.78. The molecule has 2 heterocycles. The normalized spacial score (nSPS) is 10.8. The lowest BCUT2D eigenvalue weighted by atomic mass is 10.4. The summed E-state index contributed by atoms with van der Waals surface area (Å²) in [5.41, 5.74) is 0. The standard InChI is InChI=1S/C13H17N3O4S/c1-18-7-3-6-16-9-14-15-13(16)21-8-10-4-5-11(20-10)12(17)19-2/h4-5,9H,3,6-8H2,1-2H3. The van der Waals surface area contributed by atoms with E-state index in [9.17, 15) is 4.79 Å². The Hall–Kier alpha value is -1.80. The Morgan fingerprint density at radius 3 is 3.05 bits per heavy atom. The number of aromatic nitrogens is 3. The van der Waals surface area contributed by atoms with Crippen molar-refractivity contribution in [1.29, 1.82) is 0 Å². The van der Waals surface area contributed by atoms with Gasteiger partial charge in [-0.25, -0.2) is 4.79 Å². The summed E-state index contributed by atoms with van der Waals surface area (Å²) < 4.78 is 17.0. The zero-order valence-electron chi connectivity index (χ0n) is 11.9. The van der Waals surface area contributed by atoms with E-state index >= 15 is 0 Å². The van der Waals surface area contributed by atoms with Gasteiger partial charge >= 0.3 is 5.97 Å². The number of furan rings is 1. The van der Waals surface area contributed by atoms with Crippen LogP contribution in [-0.4, -0.2) is 41.6 Å². The van der Waals surface area contributed by atoms with Crippen molar-refractivity contribution in [3.63, 3.8) is 0 Å². The van der Waals surface area contributed by atoms with Crippen LogP contribution in [0, 0.1) is 0 Å². The molecule has 0 unspecified atom stereocenters. The van der Waals surface area contributed by atoms with Gasteiger partial charge in [-0.15, -0.1) is 10.2 Å². The molecule has 0 N–H and O–H groups in total. The molecule has 0 radical (unpaired) electrons. The molecule has 0 saturated carbocycles. The van der Waals surface area contributed by atoms with Crippen molar-refractivity contribution in [3.05, 3.63) is 30.0 Å². The maximum absolute atomic E-state index is 11.3. The summed E-state index contributed by atoms with van der Waals surface area (Å²) in [6, 6.07) is 3.36. The fourth-order valence-corrected chi connectivity index (χ4v) is 2.53. The topological polar surface area (TPSA) is 79.4 Å². The van der Waals surface area contributed by atoms with Crippen LogP contribution in [0.2, 0.25) is 0 Å². The lowest BCUT2D eigenvalue weighted by Crippen LogP contribution is -2.02. The number of thioether (sulfide) groups is 1. The smallest absolute Gasteiger partial charge is 0.373 e. The second-order valence-corrected chi connectivity index (χ2v) is 5.14. The predicted octanol–water partition coefficient (Wildman–Crippen LogP) is 1.99. The molecule has 0 aliphatic rings. The van der Waals surface area contributed by atoms with Crippen molar-refractivity contribution in [2.75, 3.05) is 20.8 Å². The lowest BCUT2D eigenvalue weighted by Gasteiger charge is -2.04. The summed E-state index contributed by atoms with van der Waals surface area (Å²) >= 11 is 1.50. The zero-order valence-corrected chi connectivity index (χ0v) is 12.8. The van der Waals surface area contributed by atoms with E-state index in [1.54, 1.807) is 25.6 Å². The van der Waals surface area contributed by atoms with Crippen LogP contribution >= 0.6 is 11.8 Å². The van der Waals surface area contributed by atoms with Crippen molar-refractivity contribution < 1.29 is 18.7 Å². The van der Waals surface area contributed by atoms with Crippen LogP contribution in [0.1, 0.15) is 22.7 Å². The van der Waals surface area contributed by atoms with Gasteiger partial charge < -0.3 is 18.5 Å². The van der Waals surface area contributed by atoms with Gasteiger partial charge in [-0.2, -0.15) is 0 Å². The molecule has 114 valence electrons. The number of methoxy groups -OCH3 is 2. The average Bonchev–Trinajstić information content (AvgIpc) is 3.13. The van der Waals surface area contributed by atoms with Gasteiger partial charge in [-0.3, -0.25) is 0 Å². The number of carbonyl (C=O) groups is 1. The molecule has 21 heavy (non-hydrogen) atoms. The van der Waals surface area contributed by atoms with Crippen molar-refractivity contribution in [3.8, 4) is 0 Å². The van der Waals surface area contributed by atoms with E-state index < -0.39 is 5.97 Å². The molecule has 8 heteroatoms. The third-order valence-electron chi connectivity index (χ3n) is 2.72. The van der Waals surface area contributed by atoms with E-state index in [0.717, 1.165) is 18.1 Å². The first kappa shape index (κ1) is 15.6. The number of ether oxygens (including phenoxy) is 2. The first-order valence-electron chi connectivity index (χ1n) is 6.41. The quantitative estimate of drug-likeness (QED) is 0.419. The second-order valence-electron chi connectivity index (χ2n) is 4.20. The highest BCUT2D eigenvalue weighted by Crippen LogP contribution is 2.22. The maximum Gasteiger partial charge on any atom is 0.373 e. The van der Waals surface area contributed by atoms with Crippen LogP contribution in [0.3, 0.4) is 0 Å². The minimum atomic E-state index is -0.478. The summed E-state index contributed by atoms with van der Waals surface area (Å²) in [6.45, 7) is 1.50. The Kier molecular flexibility index (Phi) is 5.82. The summed E-state index contributed by atoms with van der Waals surface area (Å²) in [4.78, 5) is 11.3. The van der Waals surface area contributed by atoms with Crippen LogP contribution in [-0.2, 0) is 21.8 Å². The molecule has 2 aromatic rings. The number of rotatable bonds is 8. The summed E-state index contributed by atoms with van der Waals surface area (Å²) in [6.07, 6.45) is 2.59. The summed E-state index contributed by atoms with van der Waals surface area (Å²) in [5.74, 6) is 0.982. The van der Waals surface area contributed by atoms with Gasteiger partial charge in [0, 0.05) is 20.3 Å². The number of esters is 1. The van der Waals surface area contributed by atoms with Crippen LogP contribution < -0.4 is 0 Å². The second kappa shape index (κ2) is 7.84. The first-order chi connectivity index (χ1) is 10.2. The van der Waals surface area contributed by atoms with E-state index in [1.807, 2.05) is 4.57 Å². The van der Waals surface area contributed by atoms with Gasteiger partial charge in [0.2, 0.25) is 5.76 Å². The molecular weight excluding hydrogens is 294 g/mol. The van der Waals surface area contributed by atoms with Gasteiger partial charge in [-0.05, 0) is 18.6 Å². The Bertz CT molecular complexity index is 581. The third-order valence-corrected chi connectivity index (χ3v) is 3.72. The molecule has 0 atom stereocenters. The molecule has 0 spiro atoms. The first-order valence-corrected chi connectivity index (χ1v) is 7.39. The largest absolute Gasteiger partial charge is 0.463 e. The highest BCUT2D eigenvalue weighted by molar-refractivity contribution is 7.98. The molecule has 0 bridgehead atoms. The Morgan fingerprint density at radius 1 is 1.43 bits per heavy atom. The predicted molar refractivity (Wildman–Crippen MR) is 76.1 cm³/mol. The maximum atomic E-state index is 11.3. The SMILES string of the molecule is COCCCn1cnnc1SCc1ccc(C(=O)OC)o1. The average molecular weight is 311 g/mol. The molecule has 0 amide bonds. The number of hydrogen-bond donors (Lipinski definition) is 0. The molecule has 0 fully saturated rings. The molecule has 0 aliphatic carbocycles. The number of nitrogens with zero attached hydrogens (tertiary/aromatic N) is 3. The molecule has 7 nitrogen and oxygen atoms in total. The van der Waals surface area contributed by atoms with Crippen LogP contribution in [0.15, 0.2) is 28.0 Å². The van der Waals surface area contributed by atoms with E-state index in [0.29, 0.717) is 18.1 Å². The molecular formula is C13H17N3O4S. The van der Waals surface area contributed by atoms with Gasteiger partial charge in [0.15, 0.2) is 5.16 Å². The molecule has 2 aromatic heterocycles. The van der Waals surface area contributed by atoms with E-state index in [2.05, 4.69) is 14.9 Å². The molecule has 0 aromatic carbocycles. The summed E-state index contributed by atoms with van der Waals surface area (Å²) in [7, 11) is 3.00. The van der Waals surface area contributed by atoms with Gasteiger partial charge in [0.05, 0.1) is 12.9 Å². The minimum absolute atomic E-state index is 0.203. The zero-order chi connectivity index (χ0) is 15.1.